The Hall–Kier alpha value is -2.67. The van der Waals surface area contributed by atoms with E-state index in [1.54, 1.807) is 23.0 Å². The molecule has 0 aromatic carbocycles. The van der Waals surface area contributed by atoms with E-state index in [9.17, 15) is 10.1 Å². The van der Waals surface area contributed by atoms with Gasteiger partial charge in [0.15, 0.2) is 10.9 Å². The summed E-state index contributed by atoms with van der Waals surface area (Å²) < 4.78 is 7.19. The van der Waals surface area contributed by atoms with Gasteiger partial charge in [0.05, 0.1) is 23.3 Å². The summed E-state index contributed by atoms with van der Waals surface area (Å²) in [6.45, 7) is 2.57. The zero-order valence-electron chi connectivity index (χ0n) is 16.1. The summed E-state index contributed by atoms with van der Waals surface area (Å²) in [5.41, 5.74) is 1.73. The van der Waals surface area contributed by atoms with Gasteiger partial charge in [-0.05, 0) is 55.1 Å². The lowest BCUT2D eigenvalue weighted by atomic mass is 9.89. The van der Waals surface area contributed by atoms with E-state index >= 15 is 0 Å². The maximum atomic E-state index is 12.5. The normalized spacial score (nSPS) is 15.3. The number of amides is 1. The molecule has 30 heavy (non-hydrogen) atoms. The van der Waals surface area contributed by atoms with Crippen LogP contribution in [0.3, 0.4) is 0 Å². The fourth-order valence-corrected chi connectivity index (χ4v) is 5.21. The van der Waals surface area contributed by atoms with Crippen LogP contribution in [0.2, 0.25) is 5.02 Å². The van der Waals surface area contributed by atoms with Crippen LogP contribution in [0, 0.1) is 17.2 Å². The molecule has 154 valence electrons. The number of hydrogen-bond donors (Lipinski definition) is 2. The number of nitrogens with zero attached hydrogens (tertiary/aromatic N) is 3. The van der Waals surface area contributed by atoms with Gasteiger partial charge in [-0.1, -0.05) is 18.5 Å². The van der Waals surface area contributed by atoms with Gasteiger partial charge in [0, 0.05) is 11.1 Å². The SMILES string of the molecule is C[C@H]1CCc2c(sc(NC(=S)NC(=O)c3ccc(Cn4cc(Cl)cn4)o3)c2C#N)C1. The Morgan fingerprint density at radius 3 is 3.10 bits per heavy atom. The standard InChI is InChI=1S/C20H18ClN5O2S2/c1-11-2-4-14-15(7-22)19(30-17(14)6-11)25-20(29)24-18(27)16-5-3-13(28-16)10-26-9-12(21)8-23-26/h3,5,8-9,11H,2,4,6,10H2,1H3,(H2,24,25,27,29)/t11-/m0/s1. The molecule has 1 aliphatic carbocycles. The summed E-state index contributed by atoms with van der Waals surface area (Å²) in [5, 5.41) is 20.6. The third kappa shape index (κ3) is 4.41. The number of nitriles is 1. The third-order valence-corrected chi connectivity index (χ3v) is 6.45. The fraction of sp³-hybridized carbons (Fsp3) is 0.300. The smallest absolute Gasteiger partial charge is 0.293 e. The van der Waals surface area contributed by atoms with Crippen LogP contribution >= 0.6 is 35.2 Å². The molecule has 0 saturated heterocycles. The first-order valence-electron chi connectivity index (χ1n) is 9.36. The van der Waals surface area contributed by atoms with E-state index in [0.29, 0.717) is 33.8 Å². The number of carbonyl (C=O) groups is 1. The van der Waals surface area contributed by atoms with Crippen molar-refractivity contribution in [2.45, 2.75) is 32.7 Å². The molecule has 1 amide bonds. The highest BCUT2D eigenvalue weighted by atomic mass is 35.5. The first-order chi connectivity index (χ1) is 14.4. The average molecular weight is 460 g/mol. The number of nitrogens with one attached hydrogen (secondary N) is 2. The molecule has 7 nitrogen and oxygen atoms in total. The average Bonchev–Trinajstić information content (AvgIpc) is 3.40. The maximum Gasteiger partial charge on any atom is 0.293 e. The van der Waals surface area contributed by atoms with E-state index in [4.69, 9.17) is 28.2 Å². The molecule has 2 N–H and O–H groups in total. The van der Waals surface area contributed by atoms with Crippen LogP contribution in [0.5, 0.6) is 0 Å². The summed E-state index contributed by atoms with van der Waals surface area (Å²) in [6.07, 6.45) is 6.13. The molecule has 3 heterocycles. The Balaban J connectivity index is 1.40. The summed E-state index contributed by atoms with van der Waals surface area (Å²) in [7, 11) is 0. The summed E-state index contributed by atoms with van der Waals surface area (Å²) >= 11 is 12.7. The molecule has 0 fully saturated rings. The van der Waals surface area contributed by atoms with Crippen molar-refractivity contribution in [3.8, 4) is 6.07 Å². The Morgan fingerprint density at radius 1 is 1.53 bits per heavy atom. The van der Waals surface area contributed by atoms with Gasteiger partial charge in [0.1, 0.15) is 16.8 Å². The molecule has 1 atom stereocenters. The van der Waals surface area contributed by atoms with Gasteiger partial charge in [-0.15, -0.1) is 11.3 Å². The minimum absolute atomic E-state index is 0.125. The van der Waals surface area contributed by atoms with Gasteiger partial charge in [-0.2, -0.15) is 10.4 Å². The number of carbonyl (C=O) groups excluding carboxylic acids is 1. The third-order valence-electron chi connectivity index (χ3n) is 4.88. The molecular formula is C20H18ClN5O2S2. The van der Waals surface area contributed by atoms with Crippen LogP contribution in [0.1, 0.15) is 45.7 Å². The number of aromatic nitrogens is 2. The highest BCUT2D eigenvalue weighted by Gasteiger charge is 2.24. The number of thiophene rings is 1. The zero-order chi connectivity index (χ0) is 21.3. The summed E-state index contributed by atoms with van der Waals surface area (Å²) in [5.74, 6) is 0.830. The Morgan fingerprint density at radius 2 is 2.37 bits per heavy atom. The number of anilines is 1. The van der Waals surface area contributed by atoms with Crippen molar-refractivity contribution < 1.29 is 9.21 Å². The molecule has 1 aliphatic rings. The number of rotatable bonds is 4. The Labute approximate surface area is 187 Å². The van der Waals surface area contributed by atoms with Gasteiger partial charge in [0.2, 0.25) is 0 Å². The van der Waals surface area contributed by atoms with Crippen molar-refractivity contribution >= 4 is 51.2 Å². The number of thiocarbonyl (C=S) groups is 1. The van der Waals surface area contributed by atoms with Crippen LogP contribution in [-0.4, -0.2) is 20.8 Å². The van der Waals surface area contributed by atoms with Gasteiger partial charge < -0.3 is 9.73 Å². The molecule has 0 bridgehead atoms. The molecule has 3 aromatic rings. The van der Waals surface area contributed by atoms with E-state index in [-0.39, 0.29) is 10.9 Å². The van der Waals surface area contributed by atoms with Crippen molar-refractivity contribution in [2.75, 3.05) is 5.32 Å². The van der Waals surface area contributed by atoms with Crippen LogP contribution in [0.15, 0.2) is 28.9 Å². The minimum Gasteiger partial charge on any atom is -0.454 e. The molecule has 0 unspecified atom stereocenters. The van der Waals surface area contributed by atoms with Crippen LogP contribution < -0.4 is 10.6 Å². The minimum atomic E-state index is -0.467. The van der Waals surface area contributed by atoms with E-state index in [2.05, 4.69) is 28.7 Å². The highest BCUT2D eigenvalue weighted by Crippen LogP contribution is 2.39. The molecule has 4 rings (SSSR count). The van der Waals surface area contributed by atoms with Gasteiger partial charge >= 0.3 is 0 Å². The summed E-state index contributed by atoms with van der Waals surface area (Å²) in [6, 6.07) is 5.55. The van der Waals surface area contributed by atoms with Crippen molar-refractivity contribution in [3.63, 3.8) is 0 Å². The largest absolute Gasteiger partial charge is 0.454 e. The number of halogens is 1. The first-order valence-corrected chi connectivity index (χ1v) is 11.0. The molecule has 0 aliphatic heterocycles. The van der Waals surface area contributed by atoms with E-state index < -0.39 is 5.91 Å². The van der Waals surface area contributed by atoms with Crippen molar-refractivity contribution in [1.29, 1.82) is 5.26 Å². The second-order valence-corrected chi connectivity index (χ2v) is 9.15. The predicted molar refractivity (Wildman–Crippen MR) is 119 cm³/mol. The maximum absolute atomic E-state index is 12.5. The van der Waals surface area contributed by atoms with Gasteiger partial charge in [-0.25, -0.2) is 0 Å². The topological polar surface area (TPSA) is 95.9 Å². The van der Waals surface area contributed by atoms with Crippen LogP contribution in [-0.2, 0) is 19.4 Å². The highest BCUT2D eigenvalue weighted by molar-refractivity contribution is 7.80. The number of furan rings is 1. The van der Waals surface area contributed by atoms with E-state index in [1.807, 2.05) is 0 Å². The lowest BCUT2D eigenvalue weighted by molar-refractivity contribution is 0.0948. The number of hydrogen-bond acceptors (Lipinski definition) is 6. The van der Waals surface area contributed by atoms with Crippen LogP contribution in [0.4, 0.5) is 5.00 Å². The first kappa shape index (κ1) is 20.6. The van der Waals surface area contributed by atoms with Gasteiger partial charge in [0.25, 0.3) is 5.91 Å². The Bertz CT molecular complexity index is 1160. The second kappa shape index (κ2) is 8.60. The second-order valence-electron chi connectivity index (χ2n) is 7.20. The molecule has 0 radical (unpaired) electrons. The van der Waals surface area contributed by atoms with Gasteiger partial charge in [-0.3, -0.25) is 14.8 Å². The zero-order valence-corrected chi connectivity index (χ0v) is 18.5. The monoisotopic (exact) mass is 459 g/mol. The quantitative estimate of drug-likeness (QED) is 0.562. The summed E-state index contributed by atoms with van der Waals surface area (Å²) in [4.78, 5) is 13.7. The lowest BCUT2D eigenvalue weighted by Gasteiger charge is -2.17. The van der Waals surface area contributed by atoms with Crippen molar-refractivity contribution in [3.05, 3.63) is 57.1 Å². The molecule has 3 aromatic heterocycles. The molecular weight excluding hydrogens is 442 g/mol. The van der Waals surface area contributed by atoms with E-state index in [1.165, 1.54) is 22.4 Å². The molecule has 0 spiro atoms. The predicted octanol–water partition coefficient (Wildman–Crippen LogP) is 4.36. The number of fused-ring (bicyclic) bond motifs is 1. The lowest BCUT2D eigenvalue weighted by Crippen LogP contribution is -2.33. The van der Waals surface area contributed by atoms with Crippen molar-refractivity contribution in [2.24, 2.45) is 5.92 Å². The van der Waals surface area contributed by atoms with E-state index in [0.717, 1.165) is 24.8 Å². The molecule has 10 heteroatoms. The van der Waals surface area contributed by atoms with Crippen LogP contribution in [0.25, 0.3) is 0 Å². The fourth-order valence-electron chi connectivity index (χ4n) is 3.43. The van der Waals surface area contributed by atoms with Crippen molar-refractivity contribution in [1.82, 2.24) is 15.1 Å². The molecule has 0 saturated carbocycles. The Kier molecular flexibility index (Phi) is 5.90.